The lowest BCUT2D eigenvalue weighted by Gasteiger charge is -2.42. The number of hydrogen-bond donors (Lipinski definition) is 1. The number of piperazine rings is 1. The van der Waals surface area contributed by atoms with Crippen molar-refractivity contribution in [1.82, 2.24) is 10.2 Å². The van der Waals surface area contributed by atoms with Gasteiger partial charge in [0.15, 0.2) is 0 Å². The van der Waals surface area contributed by atoms with Crippen molar-refractivity contribution in [2.24, 2.45) is 0 Å². The second kappa shape index (κ2) is 6.14. The van der Waals surface area contributed by atoms with Crippen molar-refractivity contribution in [3.05, 3.63) is 35.9 Å². The van der Waals surface area contributed by atoms with Crippen LogP contribution < -0.4 is 5.32 Å². The van der Waals surface area contributed by atoms with Crippen LogP contribution >= 0.6 is 0 Å². The third-order valence-electron chi connectivity index (χ3n) is 3.83. The summed E-state index contributed by atoms with van der Waals surface area (Å²) in [5.74, 6) is 0. The minimum atomic E-state index is -4.04. The number of nitrogens with one attached hydrogen (secondary N) is 1. The van der Waals surface area contributed by atoms with Gasteiger partial charge in [0.25, 0.3) is 0 Å². The molecule has 2 nitrogen and oxygen atoms in total. The van der Waals surface area contributed by atoms with Crippen LogP contribution in [0.15, 0.2) is 30.3 Å². The Kier molecular flexibility index (Phi) is 4.70. The van der Waals surface area contributed by atoms with Crippen molar-refractivity contribution < 1.29 is 13.2 Å². The van der Waals surface area contributed by atoms with E-state index in [1.165, 1.54) is 5.56 Å². The fraction of sp³-hybridized carbons (Fsp3) is 0.600. The Bertz CT molecular complexity index is 419. The Morgan fingerprint density at radius 2 is 1.95 bits per heavy atom. The highest BCUT2D eigenvalue weighted by Gasteiger charge is 2.32. The fourth-order valence-electron chi connectivity index (χ4n) is 2.77. The molecular weight excluding hydrogens is 265 g/mol. The lowest BCUT2D eigenvalue weighted by atomic mass is 9.89. The van der Waals surface area contributed by atoms with E-state index < -0.39 is 12.6 Å². The zero-order valence-electron chi connectivity index (χ0n) is 11.7. The van der Waals surface area contributed by atoms with E-state index in [4.69, 9.17) is 0 Å². The maximum Gasteiger partial charge on any atom is 0.389 e. The van der Waals surface area contributed by atoms with Gasteiger partial charge in [-0.3, -0.25) is 4.90 Å². The van der Waals surface area contributed by atoms with Gasteiger partial charge in [-0.2, -0.15) is 13.2 Å². The molecule has 1 N–H and O–H groups in total. The van der Waals surface area contributed by atoms with E-state index in [9.17, 15) is 13.2 Å². The van der Waals surface area contributed by atoms with Crippen LogP contribution in [0.2, 0.25) is 0 Å². The Balaban J connectivity index is 1.91. The fourth-order valence-corrected chi connectivity index (χ4v) is 2.77. The van der Waals surface area contributed by atoms with E-state index in [2.05, 4.69) is 29.3 Å². The standard InChI is InChI=1S/C15H21F3N2/c1-14(13-6-3-2-4-7-13)12-20(11-9-19-14)10-5-8-15(16,17)18/h2-4,6-7,19H,5,8-12H2,1H3. The Morgan fingerprint density at radius 1 is 1.25 bits per heavy atom. The van der Waals surface area contributed by atoms with Crippen LogP contribution in [0.4, 0.5) is 13.2 Å². The molecule has 0 aliphatic carbocycles. The predicted molar refractivity (Wildman–Crippen MR) is 73.5 cm³/mol. The molecule has 1 heterocycles. The van der Waals surface area contributed by atoms with Crippen LogP contribution in [0, 0.1) is 0 Å². The van der Waals surface area contributed by atoms with Gasteiger partial charge in [-0.25, -0.2) is 0 Å². The molecule has 112 valence electrons. The number of nitrogens with zero attached hydrogens (tertiary/aromatic N) is 1. The summed E-state index contributed by atoms with van der Waals surface area (Å²) >= 11 is 0. The van der Waals surface area contributed by atoms with Gasteiger partial charge in [0.2, 0.25) is 0 Å². The Morgan fingerprint density at radius 3 is 2.60 bits per heavy atom. The third kappa shape index (κ3) is 4.21. The quantitative estimate of drug-likeness (QED) is 0.914. The molecule has 1 unspecified atom stereocenters. The van der Waals surface area contributed by atoms with E-state index in [0.29, 0.717) is 6.54 Å². The molecule has 0 aromatic heterocycles. The molecule has 2 rings (SSSR count). The molecule has 1 aromatic rings. The summed E-state index contributed by atoms with van der Waals surface area (Å²) in [7, 11) is 0. The Hall–Kier alpha value is -1.07. The summed E-state index contributed by atoms with van der Waals surface area (Å²) in [6, 6.07) is 10.1. The number of hydrogen-bond acceptors (Lipinski definition) is 2. The second-order valence-corrected chi connectivity index (χ2v) is 5.62. The van der Waals surface area contributed by atoms with Crippen LogP contribution in [0.5, 0.6) is 0 Å². The van der Waals surface area contributed by atoms with Gasteiger partial charge in [0.05, 0.1) is 5.54 Å². The smallest absolute Gasteiger partial charge is 0.305 e. The maximum absolute atomic E-state index is 12.2. The van der Waals surface area contributed by atoms with Crippen molar-refractivity contribution in [3.8, 4) is 0 Å². The molecule has 0 amide bonds. The molecule has 5 heteroatoms. The molecule has 1 aliphatic rings. The molecule has 1 aliphatic heterocycles. The SMILES string of the molecule is CC1(c2ccccc2)CN(CCCC(F)(F)F)CCN1. The van der Waals surface area contributed by atoms with Crippen molar-refractivity contribution in [3.63, 3.8) is 0 Å². The maximum atomic E-state index is 12.2. The molecule has 0 saturated carbocycles. The van der Waals surface area contributed by atoms with E-state index in [-0.39, 0.29) is 12.0 Å². The highest BCUT2D eigenvalue weighted by molar-refractivity contribution is 5.24. The van der Waals surface area contributed by atoms with Crippen LogP contribution in [-0.4, -0.2) is 37.3 Å². The normalized spacial score (nSPS) is 24.8. The molecule has 1 aromatic carbocycles. The van der Waals surface area contributed by atoms with E-state index >= 15 is 0 Å². The zero-order valence-corrected chi connectivity index (χ0v) is 11.7. The number of rotatable bonds is 4. The lowest BCUT2D eigenvalue weighted by molar-refractivity contribution is -0.136. The highest BCUT2D eigenvalue weighted by atomic mass is 19.4. The summed E-state index contributed by atoms with van der Waals surface area (Å²) in [5, 5.41) is 3.48. The van der Waals surface area contributed by atoms with Crippen LogP contribution in [-0.2, 0) is 5.54 Å². The van der Waals surface area contributed by atoms with Crippen LogP contribution in [0.1, 0.15) is 25.3 Å². The molecule has 20 heavy (non-hydrogen) atoms. The molecule has 0 radical (unpaired) electrons. The van der Waals surface area contributed by atoms with Crippen molar-refractivity contribution in [2.75, 3.05) is 26.2 Å². The number of benzene rings is 1. The summed E-state index contributed by atoms with van der Waals surface area (Å²) < 4.78 is 36.6. The van der Waals surface area contributed by atoms with Gasteiger partial charge >= 0.3 is 6.18 Å². The molecule has 0 spiro atoms. The topological polar surface area (TPSA) is 15.3 Å². The van der Waals surface area contributed by atoms with E-state index in [0.717, 1.165) is 19.6 Å². The first-order chi connectivity index (χ1) is 9.39. The first kappa shape index (κ1) is 15.3. The molecule has 1 fully saturated rings. The minimum Gasteiger partial charge on any atom is -0.305 e. The average molecular weight is 286 g/mol. The van der Waals surface area contributed by atoms with Crippen molar-refractivity contribution in [2.45, 2.75) is 31.5 Å². The first-order valence-corrected chi connectivity index (χ1v) is 6.99. The number of alkyl halides is 3. The van der Waals surface area contributed by atoms with Gasteiger partial charge in [0, 0.05) is 26.1 Å². The first-order valence-electron chi connectivity index (χ1n) is 6.99. The summed E-state index contributed by atoms with van der Waals surface area (Å²) in [6.07, 6.45) is -4.57. The number of halogens is 3. The summed E-state index contributed by atoms with van der Waals surface area (Å²) in [5.41, 5.74) is 0.998. The molecule has 1 saturated heterocycles. The minimum absolute atomic E-state index is 0.175. The highest BCUT2D eigenvalue weighted by Crippen LogP contribution is 2.26. The largest absolute Gasteiger partial charge is 0.389 e. The molecular formula is C15H21F3N2. The predicted octanol–water partition coefficient (Wildman–Crippen LogP) is 3.15. The van der Waals surface area contributed by atoms with Gasteiger partial charge in [0.1, 0.15) is 0 Å². The Labute approximate surface area is 118 Å². The van der Waals surface area contributed by atoms with E-state index in [1.54, 1.807) is 0 Å². The average Bonchev–Trinajstić information content (AvgIpc) is 2.38. The van der Waals surface area contributed by atoms with Crippen LogP contribution in [0.25, 0.3) is 0 Å². The van der Waals surface area contributed by atoms with Crippen LogP contribution in [0.3, 0.4) is 0 Å². The van der Waals surface area contributed by atoms with Crippen molar-refractivity contribution in [1.29, 1.82) is 0 Å². The van der Waals surface area contributed by atoms with Gasteiger partial charge in [-0.15, -0.1) is 0 Å². The van der Waals surface area contributed by atoms with E-state index in [1.807, 2.05) is 18.2 Å². The van der Waals surface area contributed by atoms with Crippen molar-refractivity contribution >= 4 is 0 Å². The monoisotopic (exact) mass is 286 g/mol. The zero-order chi connectivity index (χ0) is 14.6. The van der Waals surface area contributed by atoms with Gasteiger partial charge in [-0.05, 0) is 25.5 Å². The molecule has 0 bridgehead atoms. The van der Waals surface area contributed by atoms with Gasteiger partial charge in [-0.1, -0.05) is 30.3 Å². The molecule has 1 atom stereocenters. The third-order valence-corrected chi connectivity index (χ3v) is 3.83. The second-order valence-electron chi connectivity index (χ2n) is 5.62. The summed E-state index contributed by atoms with van der Waals surface area (Å²) in [6.45, 7) is 4.97. The summed E-state index contributed by atoms with van der Waals surface area (Å²) in [4.78, 5) is 2.12. The lowest BCUT2D eigenvalue weighted by Crippen LogP contribution is -2.56. The van der Waals surface area contributed by atoms with Gasteiger partial charge < -0.3 is 5.32 Å².